The summed E-state index contributed by atoms with van der Waals surface area (Å²) in [5.41, 5.74) is 5.86. The Bertz CT molecular complexity index is 1190. The molecule has 0 aromatic heterocycles. The van der Waals surface area contributed by atoms with Crippen LogP contribution in [0.25, 0.3) is 12.2 Å². The van der Waals surface area contributed by atoms with Crippen molar-refractivity contribution in [1.29, 1.82) is 10.5 Å². The standard InChI is InChI=1S/C31H34N6/c1-5-36(6-2)28-17-11-24(12-18-28)9-15-26-21-27(35-31(23-33)30(22-32)34-26)16-10-25-13-19-29(20-14-25)37(7-3)8-4/h9-20H,5-8,21H2,1-4H3. The zero-order chi connectivity index (χ0) is 26.6. The van der Waals surface area contributed by atoms with Crippen molar-refractivity contribution in [3.05, 3.63) is 83.2 Å². The Labute approximate surface area is 220 Å². The van der Waals surface area contributed by atoms with E-state index in [9.17, 15) is 10.5 Å². The van der Waals surface area contributed by atoms with Crippen molar-refractivity contribution in [1.82, 2.24) is 0 Å². The topological polar surface area (TPSA) is 78.8 Å². The van der Waals surface area contributed by atoms with Crippen molar-refractivity contribution in [2.24, 2.45) is 9.98 Å². The predicted octanol–water partition coefficient (Wildman–Crippen LogP) is 6.65. The predicted molar refractivity (Wildman–Crippen MR) is 156 cm³/mol. The van der Waals surface area contributed by atoms with Crippen LogP contribution in [0.15, 0.2) is 82.1 Å². The zero-order valence-corrected chi connectivity index (χ0v) is 22.1. The molecular formula is C31H34N6. The molecule has 2 aromatic carbocycles. The molecule has 0 bridgehead atoms. The summed E-state index contributed by atoms with van der Waals surface area (Å²) in [7, 11) is 0. The van der Waals surface area contributed by atoms with Crippen LogP contribution in [0, 0.1) is 22.7 Å². The van der Waals surface area contributed by atoms with Crippen molar-refractivity contribution in [3.8, 4) is 12.1 Å². The molecule has 6 nitrogen and oxygen atoms in total. The number of hydrogen-bond acceptors (Lipinski definition) is 6. The van der Waals surface area contributed by atoms with Gasteiger partial charge in [0, 0.05) is 55.4 Å². The maximum atomic E-state index is 9.57. The number of aliphatic imine (C=N–C) groups is 2. The molecule has 0 spiro atoms. The third-order valence-corrected chi connectivity index (χ3v) is 6.29. The van der Waals surface area contributed by atoms with E-state index in [4.69, 9.17) is 0 Å². The molecule has 3 rings (SSSR count). The molecule has 188 valence electrons. The highest BCUT2D eigenvalue weighted by Gasteiger charge is 2.13. The van der Waals surface area contributed by atoms with E-state index in [0.29, 0.717) is 17.8 Å². The van der Waals surface area contributed by atoms with Gasteiger partial charge in [0.1, 0.15) is 12.1 Å². The van der Waals surface area contributed by atoms with Gasteiger partial charge in [0.05, 0.1) is 0 Å². The molecule has 0 N–H and O–H groups in total. The van der Waals surface area contributed by atoms with Crippen LogP contribution in [0.5, 0.6) is 0 Å². The Balaban J connectivity index is 1.82. The van der Waals surface area contributed by atoms with Crippen molar-refractivity contribution in [3.63, 3.8) is 0 Å². The quantitative estimate of drug-likeness (QED) is 0.373. The summed E-state index contributed by atoms with van der Waals surface area (Å²) in [6.07, 6.45) is 8.16. The van der Waals surface area contributed by atoms with Gasteiger partial charge >= 0.3 is 0 Å². The Hall–Kier alpha value is -4.42. The SMILES string of the molecule is CCN(CC)c1ccc(C=CC2=NC(C#N)=C(C#N)N=C(C=Cc3ccc(N(CC)CC)cc3)C2)cc1. The fourth-order valence-corrected chi connectivity index (χ4v) is 4.16. The average molecular weight is 491 g/mol. The molecule has 0 saturated carbocycles. The van der Waals surface area contributed by atoms with Crippen molar-refractivity contribution >= 4 is 35.0 Å². The van der Waals surface area contributed by atoms with Crippen molar-refractivity contribution < 1.29 is 0 Å². The summed E-state index contributed by atoms with van der Waals surface area (Å²) in [4.78, 5) is 13.5. The molecule has 37 heavy (non-hydrogen) atoms. The van der Waals surface area contributed by atoms with E-state index in [1.54, 1.807) is 0 Å². The third kappa shape index (κ3) is 7.29. The van der Waals surface area contributed by atoms with E-state index < -0.39 is 0 Å². The molecule has 0 radical (unpaired) electrons. The molecule has 0 aliphatic carbocycles. The van der Waals surface area contributed by atoms with E-state index in [1.807, 2.05) is 36.4 Å². The first-order valence-corrected chi connectivity index (χ1v) is 12.8. The molecule has 6 heteroatoms. The second-order valence-electron chi connectivity index (χ2n) is 8.50. The van der Waals surface area contributed by atoms with E-state index in [-0.39, 0.29) is 11.4 Å². The molecule has 0 amide bonds. The van der Waals surface area contributed by atoms with Gasteiger partial charge in [-0.3, -0.25) is 0 Å². The molecule has 0 fully saturated rings. The van der Waals surface area contributed by atoms with Crippen LogP contribution >= 0.6 is 0 Å². The summed E-state index contributed by atoms with van der Waals surface area (Å²) in [5.74, 6) is 0. The highest BCUT2D eigenvalue weighted by molar-refractivity contribution is 6.16. The van der Waals surface area contributed by atoms with Crippen molar-refractivity contribution in [2.45, 2.75) is 34.1 Å². The lowest BCUT2D eigenvalue weighted by molar-refractivity contribution is 0.866. The van der Waals surface area contributed by atoms with Gasteiger partial charge < -0.3 is 9.80 Å². The lowest BCUT2D eigenvalue weighted by atomic mass is 10.1. The average Bonchev–Trinajstić information content (AvgIpc) is 3.12. The number of benzene rings is 2. The summed E-state index contributed by atoms with van der Waals surface area (Å²) < 4.78 is 0. The molecule has 1 aliphatic rings. The van der Waals surface area contributed by atoms with Crippen LogP contribution < -0.4 is 9.80 Å². The van der Waals surface area contributed by atoms with Gasteiger partial charge in [-0.2, -0.15) is 10.5 Å². The number of hydrogen-bond donors (Lipinski definition) is 0. The number of rotatable bonds is 10. The van der Waals surface area contributed by atoms with Crippen LogP contribution in [-0.2, 0) is 0 Å². The van der Waals surface area contributed by atoms with Gasteiger partial charge in [0.2, 0.25) is 0 Å². The zero-order valence-electron chi connectivity index (χ0n) is 22.1. The molecular weight excluding hydrogens is 456 g/mol. The van der Waals surface area contributed by atoms with E-state index in [0.717, 1.165) is 37.3 Å². The highest BCUT2D eigenvalue weighted by Crippen LogP contribution is 2.19. The fraction of sp³-hybridized carbons (Fsp3) is 0.290. The minimum Gasteiger partial charge on any atom is -0.372 e. The van der Waals surface area contributed by atoms with Crippen LogP contribution in [0.3, 0.4) is 0 Å². The lowest BCUT2D eigenvalue weighted by Gasteiger charge is -2.20. The lowest BCUT2D eigenvalue weighted by Crippen LogP contribution is -2.21. The largest absolute Gasteiger partial charge is 0.372 e. The van der Waals surface area contributed by atoms with Gasteiger partial charge in [0.25, 0.3) is 0 Å². The first kappa shape index (κ1) is 27.2. The maximum absolute atomic E-state index is 9.57. The van der Waals surface area contributed by atoms with Crippen LogP contribution in [-0.4, -0.2) is 37.6 Å². The smallest absolute Gasteiger partial charge is 0.177 e. The second-order valence-corrected chi connectivity index (χ2v) is 8.50. The van der Waals surface area contributed by atoms with Gasteiger partial charge in [-0.15, -0.1) is 0 Å². The van der Waals surface area contributed by atoms with E-state index >= 15 is 0 Å². The Morgan fingerprint density at radius 3 is 1.27 bits per heavy atom. The second kappa shape index (κ2) is 13.6. The summed E-state index contributed by atoms with van der Waals surface area (Å²) in [6.45, 7) is 12.4. The monoisotopic (exact) mass is 490 g/mol. The minimum atomic E-state index is 0.0333. The summed E-state index contributed by atoms with van der Waals surface area (Å²) in [6, 6.07) is 20.8. The summed E-state index contributed by atoms with van der Waals surface area (Å²) >= 11 is 0. The maximum Gasteiger partial charge on any atom is 0.177 e. The Kier molecular flexibility index (Phi) is 10.00. The number of anilines is 2. The van der Waals surface area contributed by atoms with E-state index in [1.165, 1.54) is 11.4 Å². The molecule has 1 aliphatic heterocycles. The van der Waals surface area contributed by atoms with E-state index in [2.05, 4.69) is 96.0 Å². The molecule has 0 unspecified atom stereocenters. The molecule has 1 heterocycles. The van der Waals surface area contributed by atoms with Crippen LogP contribution in [0.1, 0.15) is 45.2 Å². The van der Waals surface area contributed by atoms with Crippen LogP contribution in [0.4, 0.5) is 11.4 Å². The Morgan fingerprint density at radius 1 is 0.622 bits per heavy atom. The first-order valence-electron chi connectivity index (χ1n) is 12.8. The third-order valence-electron chi connectivity index (χ3n) is 6.29. The number of allylic oxidation sites excluding steroid dienone is 4. The summed E-state index contributed by atoms with van der Waals surface area (Å²) in [5, 5.41) is 19.1. The normalized spacial score (nSPS) is 13.7. The Morgan fingerprint density at radius 2 is 0.973 bits per heavy atom. The van der Waals surface area contributed by atoms with Gasteiger partial charge in [0.15, 0.2) is 11.4 Å². The van der Waals surface area contributed by atoms with Crippen molar-refractivity contribution in [2.75, 3.05) is 36.0 Å². The van der Waals surface area contributed by atoms with Crippen LogP contribution in [0.2, 0.25) is 0 Å². The number of nitriles is 2. The van der Waals surface area contributed by atoms with Gasteiger partial charge in [-0.1, -0.05) is 36.4 Å². The molecule has 0 saturated heterocycles. The minimum absolute atomic E-state index is 0.0333. The van der Waals surface area contributed by atoms with Gasteiger partial charge in [-0.25, -0.2) is 9.98 Å². The molecule has 2 aromatic rings. The number of nitrogens with zero attached hydrogens (tertiary/aromatic N) is 6. The molecule has 0 atom stereocenters. The first-order chi connectivity index (χ1) is 18.0. The van der Waals surface area contributed by atoms with Gasteiger partial charge in [-0.05, 0) is 75.2 Å². The fourth-order valence-electron chi connectivity index (χ4n) is 4.16. The highest BCUT2D eigenvalue weighted by atomic mass is 15.1.